The number of aryl methyl sites for hydroxylation is 1. The maximum absolute atomic E-state index is 6.37. The fourth-order valence-electron chi connectivity index (χ4n) is 3.51. The van der Waals surface area contributed by atoms with Crippen molar-refractivity contribution in [3.63, 3.8) is 0 Å². The molecule has 0 radical (unpaired) electrons. The minimum absolute atomic E-state index is 0.104. The molecule has 3 nitrogen and oxygen atoms in total. The predicted molar refractivity (Wildman–Crippen MR) is 102 cm³/mol. The van der Waals surface area contributed by atoms with Crippen LogP contribution >= 0.6 is 0 Å². The Labute approximate surface area is 145 Å². The van der Waals surface area contributed by atoms with Crippen LogP contribution in [0.2, 0.25) is 0 Å². The second kappa shape index (κ2) is 7.16. The number of anilines is 2. The lowest BCUT2D eigenvalue weighted by Gasteiger charge is -2.44. The summed E-state index contributed by atoms with van der Waals surface area (Å²) in [5.74, 6) is 0.935. The summed E-state index contributed by atoms with van der Waals surface area (Å²) in [4.78, 5) is 2.48. The van der Waals surface area contributed by atoms with Crippen LogP contribution in [0.15, 0.2) is 48.5 Å². The van der Waals surface area contributed by atoms with Crippen LogP contribution in [0.1, 0.15) is 38.7 Å². The molecule has 0 aromatic heterocycles. The van der Waals surface area contributed by atoms with Crippen molar-refractivity contribution >= 4 is 11.4 Å². The van der Waals surface area contributed by atoms with E-state index in [1.54, 1.807) is 0 Å². The van der Waals surface area contributed by atoms with Gasteiger partial charge >= 0.3 is 0 Å². The van der Waals surface area contributed by atoms with Crippen molar-refractivity contribution in [3.05, 3.63) is 54.1 Å². The normalized spacial score (nSPS) is 15.7. The van der Waals surface area contributed by atoms with Crippen LogP contribution in [0.3, 0.4) is 0 Å². The highest BCUT2D eigenvalue weighted by Crippen LogP contribution is 2.40. The molecule has 0 saturated carbocycles. The zero-order valence-corrected chi connectivity index (χ0v) is 14.8. The molecule has 1 heterocycles. The van der Waals surface area contributed by atoms with Crippen LogP contribution in [-0.4, -0.2) is 18.7 Å². The van der Waals surface area contributed by atoms with Crippen LogP contribution in [0.5, 0.6) is 5.75 Å². The van der Waals surface area contributed by atoms with Gasteiger partial charge in [0, 0.05) is 18.3 Å². The number of nitrogens with zero attached hydrogens (tertiary/aromatic N) is 1. The highest BCUT2D eigenvalue weighted by molar-refractivity contribution is 5.65. The molecule has 2 aromatic rings. The standard InChI is InChI=1S/C21H28N2O/c1-3-21(4-2)16-23(14-8-11-17-9-6-5-7-10-17)19-13-12-18(22)15-20(19)24-21/h5-7,9-10,12-13,15H,3-4,8,11,14,16,22H2,1-2H3. The van der Waals surface area contributed by atoms with Gasteiger partial charge in [-0.25, -0.2) is 0 Å². The Kier molecular flexibility index (Phi) is 4.98. The van der Waals surface area contributed by atoms with E-state index in [1.165, 1.54) is 11.3 Å². The van der Waals surface area contributed by atoms with E-state index in [4.69, 9.17) is 10.5 Å². The molecule has 1 aliphatic rings. The molecule has 0 spiro atoms. The first kappa shape index (κ1) is 16.7. The number of hydrogen-bond donors (Lipinski definition) is 1. The fourth-order valence-corrected chi connectivity index (χ4v) is 3.51. The van der Waals surface area contributed by atoms with Gasteiger partial charge in [0.15, 0.2) is 0 Å². The van der Waals surface area contributed by atoms with Crippen molar-refractivity contribution in [1.29, 1.82) is 0 Å². The molecule has 0 atom stereocenters. The van der Waals surface area contributed by atoms with Gasteiger partial charge in [0.1, 0.15) is 11.4 Å². The molecule has 0 amide bonds. The van der Waals surface area contributed by atoms with E-state index in [0.717, 1.165) is 50.2 Å². The summed E-state index contributed by atoms with van der Waals surface area (Å²) in [7, 11) is 0. The van der Waals surface area contributed by atoms with E-state index < -0.39 is 0 Å². The number of nitrogen functional groups attached to an aromatic ring is 1. The van der Waals surface area contributed by atoms with Gasteiger partial charge in [-0.1, -0.05) is 44.2 Å². The topological polar surface area (TPSA) is 38.5 Å². The minimum Gasteiger partial charge on any atom is -0.483 e. The molecule has 128 valence electrons. The first-order valence-electron chi connectivity index (χ1n) is 9.03. The number of ether oxygens (including phenoxy) is 1. The Morgan fingerprint density at radius 1 is 1.08 bits per heavy atom. The van der Waals surface area contributed by atoms with Gasteiger partial charge in [-0.2, -0.15) is 0 Å². The summed E-state index contributed by atoms with van der Waals surface area (Å²) in [6.07, 6.45) is 4.25. The van der Waals surface area contributed by atoms with Gasteiger partial charge in [0.05, 0.1) is 12.2 Å². The highest BCUT2D eigenvalue weighted by atomic mass is 16.5. The van der Waals surface area contributed by atoms with E-state index in [0.29, 0.717) is 0 Å². The molecule has 0 aliphatic carbocycles. The molecular weight excluding hydrogens is 296 g/mol. The third-order valence-corrected chi connectivity index (χ3v) is 5.16. The molecule has 24 heavy (non-hydrogen) atoms. The second-order valence-electron chi connectivity index (χ2n) is 6.73. The predicted octanol–water partition coefficient (Wildman–Crippen LogP) is 4.66. The van der Waals surface area contributed by atoms with Crippen LogP contribution < -0.4 is 15.4 Å². The Bertz CT molecular complexity index is 665. The van der Waals surface area contributed by atoms with E-state index in [2.05, 4.69) is 55.1 Å². The molecule has 0 saturated heterocycles. The average Bonchev–Trinajstić information content (AvgIpc) is 2.62. The van der Waals surface area contributed by atoms with E-state index >= 15 is 0 Å². The van der Waals surface area contributed by atoms with Crippen molar-refractivity contribution in [2.75, 3.05) is 23.7 Å². The van der Waals surface area contributed by atoms with Gasteiger partial charge in [0.25, 0.3) is 0 Å². The van der Waals surface area contributed by atoms with E-state index in [9.17, 15) is 0 Å². The third-order valence-electron chi connectivity index (χ3n) is 5.16. The van der Waals surface area contributed by atoms with Gasteiger partial charge in [-0.05, 0) is 43.4 Å². The van der Waals surface area contributed by atoms with Gasteiger partial charge in [0.2, 0.25) is 0 Å². The van der Waals surface area contributed by atoms with Gasteiger partial charge in [-0.3, -0.25) is 0 Å². The van der Waals surface area contributed by atoms with Crippen molar-refractivity contribution in [2.24, 2.45) is 0 Å². The average molecular weight is 324 g/mol. The second-order valence-corrected chi connectivity index (χ2v) is 6.73. The summed E-state index contributed by atoms with van der Waals surface area (Å²) < 4.78 is 6.37. The summed E-state index contributed by atoms with van der Waals surface area (Å²) in [5, 5.41) is 0. The largest absolute Gasteiger partial charge is 0.483 e. The summed E-state index contributed by atoms with van der Waals surface area (Å²) in [5.41, 5.74) is 9.22. The molecular formula is C21H28N2O. The number of fused-ring (bicyclic) bond motifs is 1. The quantitative estimate of drug-likeness (QED) is 0.785. The number of rotatable bonds is 6. The lowest BCUT2D eigenvalue weighted by Crippen LogP contribution is -2.50. The van der Waals surface area contributed by atoms with E-state index in [-0.39, 0.29) is 5.60 Å². The van der Waals surface area contributed by atoms with Crippen LogP contribution in [-0.2, 0) is 6.42 Å². The zero-order chi connectivity index (χ0) is 17.0. The Hall–Kier alpha value is -2.16. The zero-order valence-electron chi connectivity index (χ0n) is 14.8. The minimum atomic E-state index is -0.104. The Balaban J connectivity index is 1.76. The van der Waals surface area contributed by atoms with E-state index in [1.807, 2.05) is 12.1 Å². The molecule has 3 heteroatoms. The van der Waals surface area contributed by atoms with Gasteiger partial charge in [-0.15, -0.1) is 0 Å². The molecule has 0 unspecified atom stereocenters. The SMILES string of the molecule is CCC1(CC)CN(CCCc2ccccc2)c2ccc(N)cc2O1. The fraction of sp³-hybridized carbons (Fsp3) is 0.429. The highest BCUT2D eigenvalue weighted by Gasteiger charge is 2.36. The maximum atomic E-state index is 6.37. The van der Waals surface area contributed by atoms with Gasteiger partial charge < -0.3 is 15.4 Å². The molecule has 1 aliphatic heterocycles. The maximum Gasteiger partial charge on any atom is 0.145 e. The summed E-state index contributed by atoms with van der Waals surface area (Å²) in [6.45, 7) is 6.41. The summed E-state index contributed by atoms with van der Waals surface area (Å²) >= 11 is 0. The Morgan fingerprint density at radius 2 is 1.83 bits per heavy atom. The van der Waals surface area contributed by atoms with Crippen LogP contribution in [0.4, 0.5) is 11.4 Å². The Morgan fingerprint density at radius 3 is 2.54 bits per heavy atom. The van der Waals surface area contributed by atoms with Crippen molar-refractivity contribution in [1.82, 2.24) is 0 Å². The first-order valence-corrected chi connectivity index (χ1v) is 9.03. The number of nitrogens with two attached hydrogens (primary N) is 1. The lowest BCUT2D eigenvalue weighted by molar-refractivity contribution is 0.0575. The molecule has 2 aromatic carbocycles. The molecule has 3 rings (SSSR count). The monoisotopic (exact) mass is 324 g/mol. The number of benzene rings is 2. The first-order chi connectivity index (χ1) is 11.7. The van der Waals surface area contributed by atoms with Crippen molar-refractivity contribution in [2.45, 2.75) is 45.1 Å². The van der Waals surface area contributed by atoms with Crippen molar-refractivity contribution in [3.8, 4) is 5.75 Å². The van der Waals surface area contributed by atoms with Crippen LogP contribution in [0, 0.1) is 0 Å². The lowest BCUT2D eigenvalue weighted by atomic mass is 9.93. The summed E-state index contributed by atoms with van der Waals surface area (Å²) in [6, 6.07) is 16.7. The number of hydrogen-bond acceptors (Lipinski definition) is 3. The molecule has 2 N–H and O–H groups in total. The third kappa shape index (κ3) is 3.50. The van der Waals surface area contributed by atoms with Crippen molar-refractivity contribution < 1.29 is 4.74 Å². The van der Waals surface area contributed by atoms with Crippen LogP contribution in [0.25, 0.3) is 0 Å². The smallest absolute Gasteiger partial charge is 0.145 e. The molecule has 0 fully saturated rings. The molecule has 0 bridgehead atoms.